The minimum atomic E-state index is 0.0658. The van der Waals surface area contributed by atoms with E-state index in [0.29, 0.717) is 12.5 Å². The summed E-state index contributed by atoms with van der Waals surface area (Å²) in [5, 5.41) is 7.60. The molecule has 2 aromatic rings. The summed E-state index contributed by atoms with van der Waals surface area (Å²) in [5.41, 5.74) is 2.20. The largest absolute Gasteiger partial charge is 0.311 e. The van der Waals surface area contributed by atoms with Gasteiger partial charge in [-0.15, -0.1) is 0 Å². The van der Waals surface area contributed by atoms with Crippen LogP contribution < -0.4 is 5.32 Å². The number of hydrogen-bond donors (Lipinski definition) is 1. The molecule has 2 aliphatic rings. The highest BCUT2D eigenvalue weighted by Crippen LogP contribution is 2.40. The van der Waals surface area contributed by atoms with Crippen molar-refractivity contribution in [2.45, 2.75) is 44.1 Å². The van der Waals surface area contributed by atoms with Gasteiger partial charge >= 0.3 is 0 Å². The Bertz CT molecular complexity index is 658. The molecule has 0 spiro atoms. The molecule has 5 nitrogen and oxygen atoms in total. The molecule has 5 heteroatoms. The summed E-state index contributed by atoms with van der Waals surface area (Å²) in [4.78, 5) is 16.3. The van der Waals surface area contributed by atoms with Crippen molar-refractivity contribution in [3.63, 3.8) is 0 Å². The van der Waals surface area contributed by atoms with Crippen molar-refractivity contribution in [3.8, 4) is 0 Å². The zero-order chi connectivity index (χ0) is 14.2. The topological polar surface area (TPSA) is 59.8 Å². The van der Waals surface area contributed by atoms with Crippen LogP contribution in [0, 0.1) is 0 Å². The van der Waals surface area contributed by atoms with Crippen LogP contribution >= 0.6 is 0 Å². The van der Waals surface area contributed by atoms with E-state index in [1.807, 2.05) is 29.2 Å². The van der Waals surface area contributed by atoms with Crippen LogP contribution in [0.4, 0.5) is 5.82 Å². The fourth-order valence-corrected chi connectivity index (χ4v) is 3.54. The SMILES string of the molecule is O=C1C[C@@H](c2cccnc2)c2cnn(C3CCCC3)c2N1. The quantitative estimate of drug-likeness (QED) is 0.921. The first-order valence-corrected chi connectivity index (χ1v) is 7.60. The van der Waals surface area contributed by atoms with E-state index in [0.717, 1.165) is 29.8 Å². The first-order valence-electron chi connectivity index (χ1n) is 7.60. The van der Waals surface area contributed by atoms with Crippen molar-refractivity contribution in [1.29, 1.82) is 0 Å². The van der Waals surface area contributed by atoms with Crippen LogP contribution in [0.15, 0.2) is 30.7 Å². The zero-order valence-electron chi connectivity index (χ0n) is 11.8. The van der Waals surface area contributed by atoms with Crippen LogP contribution in [-0.4, -0.2) is 20.7 Å². The number of rotatable bonds is 2. The van der Waals surface area contributed by atoms with Gasteiger partial charge in [0.2, 0.25) is 5.91 Å². The van der Waals surface area contributed by atoms with Crippen LogP contribution in [0.3, 0.4) is 0 Å². The summed E-state index contributed by atoms with van der Waals surface area (Å²) < 4.78 is 2.03. The highest BCUT2D eigenvalue weighted by molar-refractivity contribution is 5.94. The van der Waals surface area contributed by atoms with E-state index in [2.05, 4.69) is 15.4 Å². The molecule has 4 rings (SSSR count). The second kappa shape index (κ2) is 4.98. The number of amides is 1. The van der Waals surface area contributed by atoms with Crippen LogP contribution in [0.5, 0.6) is 0 Å². The van der Waals surface area contributed by atoms with Gasteiger partial charge in [0, 0.05) is 30.3 Å². The van der Waals surface area contributed by atoms with Gasteiger partial charge in [-0.2, -0.15) is 5.10 Å². The molecular weight excluding hydrogens is 264 g/mol. The molecule has 1 amide bonds. The van der Waals surface area contributed by atoms with Gasteiger partial charge in [0.15, 0.2) is 0 Å². The summed E-state index contributed by atoms with van der Waals surface area (Å²) in [6.45, 7) is 0. The molecule has 108 valence electrons. The number of anilines is 1. The van der Waals surface area contributed by atoms with Crippen molar-refractivity contribution < 1.29 is 4.79 Å². The summed E-state index contributed by atoms with van der Waals surface area (Å²) in [6, 6.07) is 4.39. The number of fused-ring (bicyclic) bond motifs is 1. The van der Waals surface area contributed by atoms with Gasteiger partial charge in [0.05, 0.1) is 12.2 Å². The summed E-state index contributed by atoms with van der Waals surface area (Å²) in [7, 11) is 0. The Morgan fingerprint density at radius 1 is 1.24 bits per heavy atom. The lowest BCUT2D eigenvalue weighted by Gasteiger charge is -2.24. The third-order valence-electron chi connectivity index (χ3n) is 4.60. The maximum Gasteiger partial charge on any atom is 0.226 e. The smallest absolute Gasteiger partial charge is 0.226 e. The second-order valence-corrected chi connectivity index (χ2v) is 5.92. The molecule has 1 fully saturated rings. The maximum absolute atomic E-state index is 12.1. The third-order valence-corrected chi connectivity index (χ3v) is 4.60. The van der Waals surface area contributed by atoms with Crippen molar-refractivity contribution in [1.82, 2.24) is 14.8 Å². The Morgan fingerprint density at radius 3 is 2.86 bits per heavy atom. The van der Waals surface area contributed by atoms with E-state index in [1.54, 1.807) is 6.20 Å². The summed E-state index contributed by atoms with van der Waals surface area (Å²) >= 11 is 0. The van der Waals surface area contributed by atoms with Gasteiger partial charge in [-0.1, -0.05) is 18.9 Å². The fraction of sp³-hybridized carbons (Fsp3) is 0.438. The molecular formula is C16H18N4O. The summed E-state index contributed by atoms with van der Waals surface area (Å²) in [5.74, 6) is 1.03. The normalized spacial score (nSPS) is 22.1. The Morgan fingerprint density at radius 2 is 2.10 bits per heavy atom. The van der Waals surface area contributed by atoms with Crippen LogP contribution in [0.2, 0.25) is 0 Å². The number of nitrogens with one attached hydrogen (secondary N) is 1. The van der Waals surface area contributed by atoms with Crippen LogP contribution in [0.25, 0.3) is 0 Å². The lowest BCUT2D eigenvalue weighted by Crippen LogP contribution is -2.25. The van der Waals surface area contributed by atoms with Crippen molar-refractivity contribution in [3.05, 3.63) is 41.9 Å². The monoisotopic (exact) mass is 282 g/mol. The molecule has 1 atom stereocenters. The van der Waals surface area contributed by atoms with E-state index in [1.165, 1.54) is 12.8 Å². The lowest BCUT2D eigenvalue weighted by molar-refractivity contribution is -0.116. The number of nitrogens with zero attached hydrogens (tertiary/aromatic N) is 3. The van der Waals surface area contributed by atoms with Crippen molar-refractivity contribution in [2.75, 3.05) is 5.32 Å². The van der Waals surface area contributed by atoms with Crippen molar-refractivity contribution >= 4 is 11.7 Å². The highest BCUT2D eigenvalue weighted by atomic mass is 16.1. The van der Waals surface area contributed by atoms with E-state index in [4.69, 9.17) is 0 Å². The van der Waals surface area contributed by atoms with Gasteiger partial charge in [0.25, 0.3) is 0 Å². The Balaban J connectivity index is 1.76. The first-order chi connectivity index (χ1) is 10.3. The third kappa shape index (κ3) is 2.13. The molecule has 1 aliphatic carbocycles. The first kappa shape index (κ1) is 12.6. The van der Waals surface area contributed by atoms with Gasteiger partial charge in [-0.05, 0) is 24.5 Å². The average Bonchev–Trinajstić information content (AvgIpc) is 3.15. The number of aromatic nitrogens is 3. The Labute approximate surface area is 123 Å². The molecule has 21 heavy (non-hydrogen) atoms. The predicted octanol–water partition coefficient (Wildman–Crippen LogP) is 2.87. The van der Waals surface area contributed by atoms with Gasteiger partial charge in [0.1, 0.15) is 5.82 Å². The lowest BCUT2D eigenvalue weighted by atomic mass is 9.88. The predicted molar refractivity (Wildman–Crippen MR) is 79.1 cm³/mol. The van der Waals surface area contributed by atoms with Crippen molar-refractivity contribution in [2.24, 2.45) is 0 Å². The number of carbonyl (C=O) groups is 1. The minimum absolute atomic E-state index is 0.0658. The van der Waals surface area contributed by atoms with E-state index >= 15 is 0 Å². The number of pyridine rings is 1. The fourth-order valence-electron chi connectivity index (χ4n) is 3.54. The molecule has 0 aromatic carbocycles. The second-order valence-electron chi connectivity index (χ2n) is 5.92. The van der Waals surface area contributed by atoms with Gasteiger partial charge < -0.3 is 5.32 Å². The molecule has 1 aliphatic heterocycles. The molecule has 1 N–H and O–H groups in total. The highest BCUT2D eigenvalue weighted by Gasteiger charge is 2.32. The van der Waals surface area contributed by atoms with Crippen LogP contribution in [0.1, 0.15) is 55.2 Å². The standard InChI is InChI=1S/C16H18N4O/c21-15-8-13(11-4-3-7-17-9-11)14-10-18-20(16(14)19-15)12-5-1-2-6-12/h3-4,7,9-10,12-13H,1-2,5-6,8H2,(H,19,21)/t13-/m0/s1. The molecule has 0 radical (unpaired) electrons. The molecule has 1 saturated carbocycles. The van der Waals surface area contributed by atoms with Gasteiger partial charge in [-0.3, -0.25) is 9.78 Å². The Hall–Kier alpha value is -2.17. The Kier molecular flexibility index (Phi) is 2.98. The maximum atomic E-state index is 12.1. The number of carbonyl (C=O) groups excluding carboxylic acids is 1. The van der Waals surface area contributed by atoms with E-state index in [-0.39, 0.29) is 11.8 Å². The number of hydrogen-bond acceptors (Lipinski definition) is 3. The molecule has 2 aromatic heterocycles. The van der Waals surface area contributed by atoms with Gasteiger partial charge in [-0.25, -0.2) is 4.68 Å². The molecule has 3 heterocycles. The van der Waals surface area contributed by atoms with E-state index < -0.39 is 0 Å². The average molecular weight is 282 g/mol. The molecule has 0 bridgehead atoms. The minimum Gasteiger partial charge on any atom is -0.311 e. The van der Waals surface area contributed by atoms with E-state index in [9.17, 15) is 4.79 Å². The molecule has 0 unspecified atom stereocenters. The summed E-state index contributed by atoms with van der Waals surface area (Å²) in [6.07, 6.45) is 10.8. The molecule has 0 saturated heterocycles. The van der Waals surface area contributed by atoms with Crippen LogP contribution in [-0.2, 0) is 4.79 Å². The zero-order valence-corrected chi connectivity index (χ0v) is 11.8.